The molecule has 0 aliphatic heterocycles. The van der Waals surface area contributed by atoms with Gasteiger partial charge in [-0.2, -0.15) is 0 Å². The number of hydrogen-bond acceptors (Lipinski definition) is 1. The number of aryl methyl sites for hydroxylation is 1. The van der Waals surface area contributed by atoms with E-state index in [0.29, 0.717) is 11.1 Å². The Morgan fingerprint density at radius 1 is 1.09 bits per heavy atom. The molecular formula is C19H22FNO. The first kappa shape index (κ1) is 16.2. The Labute approximate surface area is 131 Å². The third kappa shape index (κ3) is 3.94. The number of halogens is 1. The van der Waals surface area contributed by atoms with Gasteiger partial charge in [-0.25, -0.2) is 4.39 Å². The highest BCUT2D eigenvalue weighted by Gasteiger charge is 2.14. The summed E-state index contributed by atoms with van der Waals surface area (Å²) in [6.45, 7) is 8.40. The molecule has 2 aromatic rings. The molecule has 0 radical (unpaired) electrons. The Morgan fingerprint density at radius 3 is 2.27 bits per heavy atom. The maximum absolute atomic E-state index is 13.7. The molecule has 0 unspecified atom stereocenters. The van der Waals surface area contributed by atoms with E-state index in [9.17, 15) is 9.18 Å². The quantitative estimate of drug-likeness (QED) is 0.896. The van der Waals surface area contributed by atoms with Gasteiger partial charge in [-0.15, -0.1) is 0 Å². The minimum atomic E-state index is -0.289. The molecule has 0 aliphatic carbocycles. The number of carbonyl (C=O) groups is 1. The van der Waals surface area contributed by atoms with Crippen LogP contribution in [-0.2, 0) is 12.0 Å². The van der Waals surface area contributed by atoms with Crippen molar-refractivity contribution in [1.29, 1.82) is 0 Å². The zero-order chi connectivity index (χ0) is 16.3. The summed E-state index contributed by atoms with van der Waals surface area (Å²) in [7, 11) is 0. The highest BCUT2D eigenvalue weighted by atomic mass is 19.1. The molecule has 0 spiro atoms. The Morgan fingerprint density at radius 2 is 1.73 bits per heavy atom. The zero-order valence-electron chi connectivity index (χ0n) is 13.5. The van der Waals surface area contributed by atoms with Gasteiger partial charge in [-0.1, -0.05) is 45.0 Å². The van der Waals surface area contributed by atoms with Crippen LogP contribution in [0.5, 0.6) is 0 Å². The monoisotopic (exact) mass is 299 g/mol. The molecule has 2 rings (SSSR count). The summed E-state index contributed by atoms with van der Waals surface area (Å²) >= 11 is 0. The van der Waals surface area contributed by atoms with E-state index in [1.165, 1.54) is 11.6 Å². The lowest BCUT2D eigenvalue weighted by Crippen LogP contribution is -2.23. The summed E-state index contributed by atoms with van der Waals surface area (Å²) < 4.78 is 13.7. The van der Waals surface area contributed by atoms with Crippen LogP contribution in [0.2, 0.25) is 0 Å². The third-order valence-electron chi connectivity index (χ3n) is 3.66. The van der Waals surface area contributed by atoms with Gasteiger partial charge in [0.1, 0.15) is 5.82 Å². The molecule has 0 aliphatic rings. The number of hydrogen-bond donors (Lipinski definition) is 1. The summed E-state index contributed by atoms with van der Waals surface area (Å²) in [5, 5.41) is 2.75. The molecular weight excluding hydrogens is 277 g/mol. The smallest absolute Gasteiger partial charge is 0.251 e. The number of nitrogens with one attached hydrogen (secondary N) is 1. The Balaban J connectivity index is 2.03. The van der Waals surface area contributed by atoms with Crippen molar-refractivity contribution in [1.82, 2.24) is 5.32 Å². The summed E-state index contributed by atoms with van der Waals surface area (Å²) in [4.78, 5) is 12.1. The number of benzene rings is 2. The molecule has 1 N–H and O–H groups in total. The highest BCUT2D eigenvalue weighted by molar-refractivity contribution is 5.94. The Bertz CT molecular complexity index is 669. The van der Waals surface area contributed by atoms with E-state index in [0.717, 1.165) is 5.56 Å². The predicted molar refractivity (Wildman–Crippen MR) is 87.4 cm³/mol. The lowest BCUT2D eigenvalue weighted by Gasteiger charge is -2.19. The van der Waals surface area contributed by atoms with Gasteiger partial charge < -0.3 is 5.32 Å². The minimum Gasteiger partial charge on any atom is -0.348 e. The molecule has 0 saturated carbocycles. The standard InChI is InChI=1S/C19H22FNO/c1-13-5-6-15(17(20)11-13)12-21-18(22)14-7-9-16(10-8-14)19(2,3)4/h5-11H,12H2,1-4H3,(H,21,22). The number of rotatable bonds is 3. The number of amides is 1. The van der Waals surface area contributed by atoms with Gasteiger partial charge in [0.2, 0.25) is 0 Å². The molecule has 22 heavy (non-hydrogen) atoms. The molecule has 0 fully saturated rings. The van der Waals surface area contributed by atoms with Crippen LogP contribution in [0.3, 0.4) is 0 Å². The van der Waals surface area contributed by atoms with Crippen molar-refractivity contribution in [2.24, 2.45) is 0 Å². The fourth-order valence-corrected chi connectivity index (χ4v) is 2.19. The van der Waals surface area contributed by atoms with Crippen molar-refractivity contribution in [3.05, 3.63) is 70.5 Å². The fourth-order valence-electron chi connectivity index (χ4n) is 2.19. The van der Waals surface area contributed by atoms with E-state index < -0.39 is 0 Å². The third-order valence-corrected chi connectivity index (χ3v) is 3.66. The van der Waals surface area contributed by atoms with Crippen molar-refractivity contribution in [2.45, 2.75) is 39.7 Å². The lowest BCUT2D eigenvalue weighted by molar-refractivity contribution is 0.0950. The van der Waals surface area contributed by atoms with Crippen LogP contribution in [0, 0.1) is 12.7 Å². The van der Waals surface area contributed by atoms with Gasteiger partial charge in [-0.3, -0.25) is 4.79 Å². The summed E-state index contributed by atoms with van der Waals surface area (Å²) in [5.74, 6) is -0.483. The van der Waals surface area contributed by atoms with E-state index in [4.69, 9.17) is 0 Å². The molecule has 0 bridgehead atoms. The van der Waals surface area contributed by atoms with Crippen molar-refractivity contribution >= 4 is 5.91 Å². The summed E-state index contributed by atoms with van der Waals surface area (Å²) in [5.41, 5.74) is 3.17. The number of carbonyl (C=O) groups excluding carboxylic acids is 1. The van der Waals surface area contributed by atoms with Gasteiger partial charge in [0.15, 0.2) is 0 Å². The van der Waals surface area contributed by atoms with Crippen LogP contribution >= 0.6 is 0 Å². The maximum Gasteiger partial charge on any atom is 0.251 e. The van der Waals surface area contributed by atoms with Crippen molar-refractivity contribution in [3.63, 3.8) is 0 Å². The molecule has 0 heterocycles. The SMILES string of the molecule is Cc1ccc(CNC(=O)c2ccc(C(C)(C)C)cc2)c(F)c1. The largest absolute Gasteiger partial charge is 0.348 e. The molecule has 1 amide bonds. The first-order chi connectivity index (χ1) is 10.3. The predicted octanol–water partition coefficient (Wildman–Crippen LogP) is 4.36. The van der Waals surface area contributed by atoms with Crippen LogP contribution in [0.15, 0.2) is 42.5 Å². The summed E-state index contributed by atoms with van der Waals surface area (Å²) in [6, 6.07) is 12.5. The lowest BCUT2D eigenvalue weighted by atomic mass is 9.87. The van der Waals surface area contributed by atoms with Gasteiger partial charge in [0, 0.05) is 17.7 Å². The molecule has 2 aromatic carbocycles. The Kier molecular flexibility index (Phi) is 4.65. The van der Waals surface area contributed by atoms with E-state index in [1.807, 2.05) is 25.1 Å². The fraction of sp³-hybridized carbons (Fsp3) is 0.316. The van der Waals surface area contributed by atoms with Crippen LogP contribution in [-0.4, -0.2) is 5.91 Å². The molecule has 0 atom stereocenters. The maximum atomic E-state index is 13.7. The van der Waals surface area contributed by atoms with Crippen molar-refractivity contribution < 1.29 is 9.18 Å². The van der Waals surface area contributed by atoms with Crippen LogP contribution in [0.1, 0.15) is 47.8 Å². The highest BCUT2D eigenvalue weighted by Crippen LogP contribution is 2.22. The minimum absolute atomic E-state index is 0.0556. The topological polar surface area (TPSA) is 29.1 Å². The molecule has 116 valence electrons. The van der Waals surface area contributed by atoms with Crippen molar-refractivity contribution in [2.75, 3.05) is 0 Å². The summed E-state index contributed by atoms with van der Waals surface area (Å²) in [6.07, 6.45) is 0. The van der Waals surface area contributed by atoms with Gasteiger partial charge in [0.05, 0.1) is 0 Å². The molecule has 2 nitrogen and oxygen atoms in total. The normalized spacial score (nSPS) is 11.3. The first-order valence-corrected chi connectivity index (χ1v) is 7.41. The van der Waals surface area contributed by atoms with Crippen LogP contribution < -0.4 is 5.32 Å². The van der Waals surface area contributed by atoms with Crippen molar-refractivity contribution in [3.8, 4) is 0 Å². The van der Waals surface area contributed by atoms with E-state index >= 15 is 0 Å². The Hall–Kier alpha value is -2.16. The molecule has 3 heteroatoms. The zero-order valence-corrected chi connectivity index (χ0v) is 13.5. The van der Waals surface area contributed by atoms with Crippen LogP contribution in [0.4, 0.5) is 4.39 Å². The second kappa shape index (κ2) is 6.30. The van der Waals surface area contributed by atoms with Crippen LogP contribution in [0.25, 0.3) is 0 Å². The first-order valence-electron chi connectivity index (χ1n) is 7.41. The van der Waals surface area contributed by atoms with E-state index in [1.54, 1.807) is 18.2 Å². The average Bonchev–Trinajstić information content (AvgIpc) is 2.45. The van der Waals surface area contributed by atoms with Gasteiger partial charge in [-0.05, 0) is 41.7 Å². The van der Waals surface area contributed by atoms with Gasteiger partial charge >= 0.3 is 0 Å². The van der Waals surface area contributed by atoms with E-state index in [-0.39, 0.29) is 23.7 Å². The van der Waals surface area contributed by atoms with Gasteiger partial charge in [0.25, 0.3) is 5.91 Å². The molecule has 0 saturated heterocycles. The second-order valence-electron chi connectivity index (χ2n) is 6.60. The molecule has 0 aromatic heterocycles. The second-order valence-corrected chi connectivity index (χ2v) is 6.60. The van der Waals surface area contributed by atoms with E-state index in [2.05, 4.69) is 26.1 Å². The average molecular weight is 299 g/mol.